The van der Waals surface area contributed by atoms with Crippen LogP contribution in [0.4, 0.5) is 0 Å². The highest BCUT2D eigenvalue weighted by Crippen LogP contribution is 2.40. The van der Waals surface area contributed by atoms with Gasteiger partial charge in [0, 0.05) is 5.56 Å². The van der Waals surface area contributed by atoms with Crippen LogP contribution in [0.2, 0.25) is 0 Å². The lowest BCUT2D eigenvalue weighted by Crippen LogP contribution is -2.41. The molecule has 0 spiro atoms. The first kappa shape index (κ1) is 11.8. The van der Waals surface area contributed by atoms with Crippen LogP contribution in [0.25, 0.3) is 0 Å². The van der Waals surface area contributed by atoms with E-state index in [9.17, 15) is 15.0 Å². The van der Waals surface area contributed by atoms with Crippen molar-refractivity contribution in [3.05, 3.63) is 35.4 Å². The van der Waals surface area contributed by atoms with E-state index in [-0.39, 0.29) is 13.2 Å². The lowest BCUT2D eigenvalue weighted by Gasteiger charge is -2.27. The van der Waals surface area contributed by atoms with Crippen molar-refractivity contribution in [3.63, 3.8) is 0 Å². The van der Waals surface area contributed by atoms with Crippen molar-refractivity contribution < 1.29 is 24.5 Å². The number of fused-ring (bicyclic) bond motifs is 1. The van der Waals surface area contributed by atoms with Crippen LogP contribution in [0.3, 0.4) is 0 Å². The number of rotatable bonds is 2. The molecule has 1 aromatic carbocycles. The van der Waals surface area contributed by atoms with E-state index in [1.807, 2.05) is 0 Å². The van der Waals surface area contributed by atoms with Crippen LogP contribution in [0.15, 0.2) is 24.3 Å². The molecule has 0 radical (unpaired) electrons. The van der Waals surface area contributed by atoms with Crippen molar-refractivity contribution in [2.75, 3.05) is 13.2 Å². The minimum atomic E-state index is -1.30. The third-order valence-corrected chi connectivity index (χ3v) is 3.61. The highest BCUT2D eigenvalue weighted by molar-refractivity contribution is 5.75. The second-order valence-corrected chi connectivity index (χ2v) is 4.76. The van der Waals surface area contributed by atoms with Crippen LogP contribution in [-0.4, -0.2) is 48.0 Å². The van der Waals surface area contributed by atoms with Crippen molar-refractivity contribution in [2.24, 2.45) is 0 Å². The molecule has 3 rings (SSSR count). The van der Waals surface area contributed by atoms with Gasteiger partial charge in [0.2, 0.25) is 0 Å². The third-order valence-electron chi connectivity index (χ3n) is 3.61. The van der Waals surface area contributed by atoms with Crippen molar-refractivity contribution in [3.8, 4) is 0 Å². The molecule has 2 fully saturated rings. The summed E-state index contributed by atoms with van der Waals surface area (Å²) in [6, 6.07) is 6.72. The van der Waals surface area contributed by atoms with Crippen LogP contribution < -0.4 is 0 Å². The Hall–Kier alpha value is -1.27. The first-order valence-electron chi connectivity index (χ1n) is 5.84. The molecule has 2 aliphatic heterocycles. The Bertz CT molecular complexity index is 474. The molecule has 0 aromatic heterocycles. The second-order valence-electron chi connectivity index (χ2n) is 4.76. The maximum absolute atomic E-state index is 10.8. The van der Waals surface area contributed by atoms with Gasteiger partial charge in [-0.05, 0) is 11.6 Å². The topological polar surface area (TPSA) is 76.0 Å². The number of aliphatic hydroxyl groups is 2. The van der Waals surface area contributed by atoms with Crippen molar-refractivity contribution in [1.82, 2.24) is 0 Å². The molecule has 5 heteroatoms. The number of hydrogen-bond acceptors (Lipinski definition) is 5. The molecule has 0 unspecified atom stereocenters. The molecule has 0 bridgehead atoms. The monoisotopic (exact) mass is 250 g/mol. The fraction of sp³-hybridized carbons (Fsp3) is 0.462. The van der Waals surface area contributed by atoms with E-state index in [4.69, 9.17) is 9.47 Å². The quantitative estimate of drug-likeness (QED) is 0.714. The summed E-state index contributed by atoms with van der Waals surface area (Å²) in [5, 5.41) is 20.4. The predicted molar refractivity (Wildman–Crippen MR) is 61.2 cm³/mol. The molecule has 2 N–H and O–H groups in total. The van der Waals surface area contributed by atoms with Gasteiger partial charge in [0.15, 0.2) is 0 Å². The Kier molecular flexibility index (Phi) is 2.71. The van der Waals surface area contributed by atoms with Gasteiger partial charge in [0.05, 0.1) is 13.2 Å². The maximum atomic E-state index is 10.8. The van der Waals surface area contributed by atoms with Crippen molar-refractivity contribution >= 4 is 6.29 Å². The Labute approximate surface area is 104 Å². The normalized spacial score (nSPS) is 38.7. The summed E-state index contributed by atoms with van der Waals surface area (Å²) < 4.78 is 10.8. The van der Waals surface area contributed by atoms with Gasteiger partial charge in [-0.3, -0.25) is 4.79 Å². The maximum Gasteiger partial charge on any atom is 0.150 e. The SMILES string of the molecule is O=Cc1cccc([C@@]2(O)CO[C@@H]3[C@H](O)CO[C@@H]32)c1. The Morgan fingerprint density at radius 2 is 2.22 bits per heavy atom. The summed E-state index contributed by atoms with van der Waals surface area (Å²) in [5.41, 5.74) is -0.238. The zero-order chi connectivity index (χ0) is 12.8. The largest absolute Gasteiger partial charge is 0.388 e. The summed E-state index contributed by atoms with van der Waals surface area (Å²) in [6.07, 6.45) is -1.08. The van der Waals surface area contributed by atoms with Gasteiger partial charge in [-0.2, -0.15) is 0 Å². The number of aliphatic hydroxyl groups excluding tert-OH is 1. The Balaban J connectivity index is 1.97. The minimum absolute atomic E-state index is 0.0572. The van der Waals surface area contributed by atoms with Gasteiger partial charge >= 0.3 is 0 Å². The van der Waals surface area contributed by atoms with Gasteiger partial charge < -0.3 is 19.7 Å². The highest BCUT2D eigenvalue weighted by atomic mass is 16.6. The lowest BCUT2D eigenvalue weighted by molar-refractivity contribution is -0.0738. The number of hydrogen-bond donors (Lipinski definition) is 2. The minimum Gasteiger partial charge on any atom is -0.388 e. The average molecular weight is 250 g/mol. The van der Waals surface area contributed by atoms with E-state index in [0.717, 1.165) is 6.29 Å². The molecule has 2 aliphatic rings. The van der Waals surface area contributed by atoms with Crippen LogP contribution in [-0.2, 0) is 15.1 Å². The fourth-order valence-electron chi connectivity index (χ4n) is 2.64. The van der Waals surface area contributed by atoms with Crippen LogP contribution >= 0.6 is 0 Å². The molecule has 4 atom stereocenters. The van der Waals surface area contributed by atoms with Crippen molar-refractivity contribution in [1.29, 1.82) is 0 Å². The van der Waals surface area contributed by atoms with Gasteiger partial charge in [0.1, 0.15) is 30.2 Å². The zero-order valence-corrected chi connectivity index (χ0v) is 9.65. The number of benzene rings is 1. The molecular formula is C13H14O5. The number of carbonyl (C=O) groups excluding carboxylic acids is 1. The summed E-state index contributed by atoms with van der Waals surface area (Å²) in [4.78, 5) is 10.8. The standard InChI is InChI=1S/C13H14O5/c14-5-8-2-1-3-9(4-8)13(16)7-18-11-10(15)6-17-12(11)13/h1-5,10-12,15-16H,6-7H2/t10-,11-,12+,13+/m1/s1. The van der Waals surface area contributed by atoms with Gasteiger partial charge in [-0.1, -0.05) is 18.2 Å². The molecule has 2 saturated heterocycles. The van der Waals surface area contributed by atoms with Crippen LogP contribution in [0.1, 0.15) is 15.9 Å². The summed E-state index contributed by atoms with van der Waals surface area (Å²) in [7, 11) is 0. The molecule has 5 nitrogen and oxygen atoms in total. The van der Waals surface area contributed by atoms with E-state index >= 15 is 0 Å². The lowest BCUT2D eigenvalue weighted by atomic mass is 9.87. The average Bonchev–Trinajstić information content (AvgIpc) is 2.93. The Morgan fingerprint density at radius 3 is 3.00 bits per heavy atom. The molecule has 18 heavy (non-hydrogen) atoms. The van der Waals surface area contributed by atoms with Crippen LogP contribution in [0, 0.1) is 0 Å². The first-order chi connectivity index (χ1) is 8.65. The number of aldehydes is 1. The van der Waals surface area contributed by atoms with E-state index in [0.29, 0.717) is 11.1 Å². The predicted octanol–water partition coefficient (Wildman–Crippen LogP) is -0.155. The Morgan fingerprint density at radius 1 is 1.39 bits per heavy atom. The second kappa shape index (κ2) is 4.13. The van der Waals surface area contributed by atoms with Gasteiger partial charge in [-0.25, -0.2) is 0 Å². The van der Waals surface area contributed by atoms with Crippen molar-refractivity contribution in [2.45, 2.75) is 23.9 Å². The molecule has 96 valence electrons. The molecule has 2 heterocycles. The third kappa shape index (κ3) is 1.59. The van der Waals surface area contributed by atoms with Crippen LogP contribution in [0.5, 0.6) is 0 Å². The fourth-order valence-corrected chi connectivity index (χ4v) is 2.64. The summed E-state index contributed by atoms with van der Waals surface area (Å²) >= 11 is 0. The van der Waals surface area contributed by atoms with E-state index in [1.165, 1.54) is 0 Å². The smallest absolute Gasteiger partial charge is 0.150 e. The number of carbonyl (C=O) groups is 1. The summed E-state index contributed by atoms with van der Waals surface area (Å²) in [5.74, 6) is 0. The molecule has 0 saturated carbocycles. The molecular weight excluding hydrogens is 236 g/mol. The summed E-state index contributed by atoms with van der Waals surface area (Å²) in [6.45, 7) is 0.215. The zero-order valence-electron chi connectivity index (χ0n) is 9.65. The highest BCUT2D eigenvalue weighted by Gasteiger charge is 2.56. The molecule has 0 amide bonds. The molecule has 1 aromatic rings. The van der Waals surface area contributed by atoms with Gasteiger partial charge in [-0.15, -0.1) is 0 Å². The van der Waals surface area contributed by atoms with E-state index in [2.05, 4.69) is 0 Å². The van der Waals surface area contributed by atoms with Gasteiger partial charge in [0.25, 0.3) is 0 Å². The van der Waals surface area contributed by atoms with E-state index in [1.54, 1.807) is 24.3 Å². The molecule has 0 aliphatic carbocycles. The van der Waals surface area contributed by atoms with E-state index < -0.39 is 23.9 Å². The first-order valence-corrected chi connectivity index (χ1v) is 5.84. The number of ether oxygens (including phenoxy) is 2.